The van der Waals surface area contributed by atoms with Gasteiger partial charge >= 0.3 is 0 Å². The van der Waals surface area contributed by atoms with Gasteiger partial charge in [0.25, 0.3) is 5.91 Å². The molecule has 0 bridgehead atoms. The van der Waals surface area contributed by atoms with E-state index in [1.165, 1.54) is 26.2 Å². The van der Waals surface area contributed by atoms with Gasteiger partial charge in [0.1, 0.15) is 0 Å². The second-order valence-electron chi connectivity index (χ2n) is 6.11. The van der Waals surface area contributed by atoms with E-state index in [2.05, 4.69) is 5.32 Å². The number of carbonyl (C=O) groups excluding carboxylic acids is 2. The number of primary sulfonamides is 1. The normalized spacial score (nSPS) is 12.1. The van der Waals surface area contributed by atoms with Crippen LogP contribution in [-0.4, -0.2) is 33.8 Å². The summed E-state index contributed by atoms with van der Waals surface area (Å²) in [6.45, 7) is 2.95. The number of methoxy groups -OCH3 is 1. The molecule has 9 heteroatoms. The number of sulfonamides is 1. The molecule has 0 heterocycles. The number of nitrogens with two attached hydrogens (primary N) is 1. The van der Waals surface area contributed by atoms with Crippen molar-refractivity contribution in [2.24, 2.45) is 5.14 Å². The second-order valence-corrected chi connectivity index (χ2v) is 7.68. The Morgan fingerprint density at radius 2 is 1.75 bits per heavy atom. The van der Waals surface area contributed by atoms with Crippen LogP contribution in [0.1, 0.15) is 35.8 Å². The number of ether oxygens (including phenoxy) is 2. The molecular formula is C19H22N2O6S. The average Bonchev–Trinajstić information content (AvgIpc) is 2.65. The topological polar surface area (TPSA) is 125 Å². The highest BCUT2D eigenvalue weighted by atomic mass is 32.2. The molecule has 2 rings (SSSR count). The molecule has 2 aromatic carbocycles. The molecule has 1 atom stereocenters. The van der Waals surface area contributed by atoms with Crippen molar-refractivity contribution in [3.63, 3.8) is 0 Å². The van der Waals surface area contributed by atoms with Crippen molar-refractivity contribution in [1.29, 1.82) is 0 Å². The molecule has 3 N–H and O–H groups in total. The van der Waals surface area contributed by atoms with Gasteiger partial charge in [-0.3, -0.25) is 9.59 Å². The molecule has 0 radical (unpaired) electrons. The molecule has 0 saturated carbocycles. The average molecular weight is 406 g/mol. The number of nitrogens with one attached hydrogen (secondary N) is 1. The first-order valence-corrected chi connectivity index (χ1v) is 9.90. The minimum absolute atomic E-state index is 0.000729. The Labute approximate surface area is 163 Å². The highest BCUT2D eigenvalue weighted by Gasteiger charge is 2.14. The number of amides is 1. The maximum Gasteiger partial charge on any atom is 0.258 e. The lowest BCUT2D eigenvalue weighted by molar-refractivity contribution is -0.123. The lowest BCUT2D eigenvalue weighted by Gasteiger charge is -2.16. The van der Waals surface area contributed by atoms with Gasteiger partial charge < -0.3 is 14.8 Å². The third kappa shape index (κ3) is 5.54. The predicted octanol–water partition coefficient (Wildman–Crippen LogP) is 1.80. The van der Waals surface area contributed by atoms with Crippen LogP contribution in [0.2, 0.25) is 0 Å². The fourth-order valence-electron chi connectivity index (χ4n) is 2.46. The summed E-state index contributed by atoms with van der Waals surface area (Å²) in [5.74, 6) is 0.213. The van der Waals surface area contributed by atoms with E-state index in [-0.39, 0.29) is 29.2 Å². The molecule has 0 aliphatic carbocycles. The highest BCUT2D eigenvalue weighted by molar-refractivity contribution is 7.89. The molecule has 0 aromatic heterocycles. The van der Waals surface area contributed by atoms with Gasteiger partial charge in [-0.25, -0.2) is 13.6 Å². The van der Waals surface area contributed by atoms with Crippen molar-refractivity contribution in [2.75, 3.05) is 13.7 Å². The summed E-state index contributed by atoms with van der Waals surface area (Å²) in [5.41, 5.74) is 1.19. The Kier molecular flexibility index (Phi) is 6.76. The molecule has 2 aromatic rings. The third-order valence-corrected chi connectivity index (χ3v) is 4.94. The molecule has 0 saturated heterocycles. The molecule has 0 aliphatic heterocycles. The summed E-state index contributed by atoms with van der Waals surface area (Å²) in [5, 5.41) is 7.82. The van der Waals surface area contributed by atoms with Crippen LogP contribution < -0.4 is 19.9 Å². The highest BCUT2D eigenvalue weighted by Crippen LogP contribution is 2.28. The van der Waals surface area contributed by atoms with Gasteiger partial charge in [0, 0.05) is 5.56 Å². The van der Waals surface area contributed by atoms with E-state index < -0.39 is 10.0 Å². The SMILES string of the molecule is COc1cc(C(C)=O)ccc1OCC(=O)N[C@@H](C)c1ccc(S(N)(=O)=O)cc1. The summed E-state index contributed by atoms with van der Waals surface area (Å²) < 4.78 is 33.2. The number of hydrogen-bond acceptors (Lipinski definition) is 6. The zero-order valence-corrected chi connectivity index (χ0v) is 16.6. The van der Waals surface area contributed by atoms with Crippen LogP contribution in [0.5, 0.6) is 11.5 Å². The van der Waals surface area contributed by atoms with Gasteiger partial charge in [0.05, 0.1) is 18.0 Å². The van der Waals surface area contributed by atoms with Crippen LogP contribution in [-0.2, 0) is 14.8 Å². The summed E-state index contributed by atoms with van der Waals surface area (Å²) >= 11 is 0. The van der Waals surface area contributed by atoms with Crippen LogP contribution in [0.4, 0.5) is 0 Å². The van der Waals surface area contributed by atoms with E-state index in [0.717, 1.165) is 0 Å². The molecule has 28 heavy (non-hydrogen) atoms. The number of hydrogen-bond donors (Lipinski definition) is 2. The first-order valence-electron chi connectivity index (χ1n) is 8.35. The van der Waals surface area contributed by atoms with Gasteiger partial charge in [-0.15, -0.1) is 0 Å². The first-order chi connectivity index (χ1) is 13.1. The van der Waals surface area contributed by atoms with E-state index >= 15 is 0 Å². The number of carbonyl (C=O) groups is 2. The van der Waals surface area contributed by atoms with E-state index in [4.69, 9.17) is 14.6 Å². The standard InChI is InChI=1S/C19H22N2O6S/c1-12(14-4-7-16(8-5-14)28(20,24)25)21-19(23)11-27-17-9-6-15(13(2)22)10-18(17)26-3/h4-10,12H,11H2,1-3H3,(H,21,23)(H2,20,24,25)/t12-/m0/s1. The van der Waals surface area contributed by atoms with Crippen LogP contribution in [0, 0.1) is 0 Å². The summed E-state index contributed by atoms with van der Waals surface area (Å²) in [7, 11) is -2.32. The maximum atomic E-state index is 12.2. The Bertz CT molecular complexity index is 970. The van der Waals surface area contributed by atoms with Crippen molar-refractivity contribution in [3.8, 4) is 11.5 Å². The van der Waals surface area contributed by atoms with E-state index in [0.29, 0.717) is 22.6 Å². The van der Waals surface area contributed by atoms with E-state index in [1.807, 2.05) is 0 Å². The van der Waals surface area contributed by atoms with Gasteiger partial charge in [0.15, 0.2) is 23.9 Å². The third-order valence-electron chi connectivity index (χ3n) is 4.02. The Hall–Kier alpha value is -2.91. The summed E-state index contributed by atoms with van der Waals surface area (Å²) in [6, 6.07) is 10.3. The van der Waals surface area contributed by atoms with Crippen LogP contribution in [0.25, 0.3) is 0 Å². The van der Waals surface area contributed by atoms with Crippen LogP contribution in [0.3, 0.4) is 0 Å². The first kappa shape index (κ1) is 21.4. The van der Waals surface area contributed by atoms with Gasteiger partial charge in [-0.1, -0.05) is 12.1 Å². The summed E-state index contributed by atoms with van der Waals surface area (Å²) in [6.07, 6.45) is 0. The Morgan fingerprint density at radius 1 is 1.11 bits per heavy atom. The smallest absolute Gasteiger partial charge is 0.258 e. The van der Waals surface area contributed by atoms with Crippen molar-refractivity contribution >= 4 is 21.7 Å². The quantitative estimate of drug-likeness (QED) is 0.644. The maximum absolute atomic E-state index is 12.2. The second kappa shape index (κ2) is 8.85. The molecular weight excluding hydrogens is 384 g/mol. The lowest BCUT2D eigenvalue weighted by Crippen LogP contribution is -2.31. The van der Waals surface area contributed by atoms with E-state index in [9.17, 15) is 18.0 Å². The molecule has 0 spiro atoms. The number of benzene rings is 2. The fraction of sp³-hybridized carbons (Fsp3) is 0.263. The molecule has 1 amide bonds. The molecule has 8 nitrogen and oxygen atoms in total. The van der Waals surface area contributed by atoms with Crippen molar-refractivity contribution in [1.82, 2.24) is 5.32 Å². The predicted molar refractivity (Wildman–Crippen MR) is 103 cm³/mol. The Balaban J connectivity index is 1.98. The lowest BCUT2D eigenvalue weighted by atomic mass is 10.1. The van der Waals surface area contributed by atoms with Crippen molar-refractivity contribution in [3.05, 3.63) is 53.6 Å². The number of rotatable bonds is 8. The van der Waals surface area contributed by atoms with Crippen molar-refractivity contribution < 1.29 is 27.5 Å². The van der Waals surface area contributed by atoms with Crippen LogP contribution in [0.15, 0.2) is 47.4 Å². The molecule has 0 fully saturated rings. The van der Waals surface area contributed by atoms with Gasteiger partial charge in [0.2, 0.25) is 10.0 Å². The number of Topliss-reactive ketones (excluding diaryl/α,β-unsaturated/α-hetero) is 1. The largest absolute Gasteiger partial charge is 0.493 e. The molecule has 0 aliphatic rings. The minimum atomic E-state index is -3.76. The summed E-state index contributed by atoms with van der Waals surface area (Å²) in [4.78, 5) is 23.6. The van der Waals surface area contributed by atoms with Gasteiger partial charge in [-0.2, -0.15) is 0 Å². The van der Waals surface area contributed by atoms with Crippen molar-refractivity contribution in [2.45, 2.75) is 24.8 Å². The monoisotopic (exact) mass is 406 g/mol. The molecule has 0 unspecified atom stereocenters. The fourth-order valence-corrected chi connectivity index (χ4v) is 2.98. The van der Waals surface area contributed by atoms with E-state index in [1.54, 1.807) is 37.3 Å². The van der Waals surface area contributed by atoms with Crippen LogP contribution >= 0.6 is 0 Å². The minimum Gasteiger partial charge on any atom is -0.493 e. The zero-order valence-electron chi connectivity index (χ0n) is 15.8. The zero-order chi connectivity index (χ0) is 20.9. The Morgan fingerprint density at radius 3 is 2.29 bits per heavy atom. The van der Waals surface area contributed by atoms with Gasteiger partial charge in [-0.05, 0) is 49.7 Å². The molecule has 150 valence electrons. The number of ketones is 1.